The van der Waals surface area contributed by atoms with Gasteiger partial charge in [-0.05, 0) is 17.5 Å². The fourth-order valence-electron chi connectivity index (χ4n) is 2.02. The van der Waals surface area contributed by atoms with Crippen molar-refractivity contribution in [2.24, 2.45) is 5.41 Å². The number of rotatable bonds is 5. The molecule has 24 heavy (non-hydrogen) atoms. The number of nitrogens with one attached hydrogen (secondary N) is 3. The van der Waals surface area contributed by atoms with Gasteiger partial charge in [0.05, 0.1) is 0 Å². The first-order valence-corrected chi connectivity index (χ1v) is 7.85. The number of nitrogens with zero attached hydrogens (tertiary/aromatic N) is 1. The summed E-state index contributed by atoms with van der Waals surface area (Å²) >= 11 is 0. The molecular formula is C17H26N4O3. The van der Waals surface area contributed by atoms with Crippen molar-refractivity contribution in [2.45, 2.75) is 34.1 Å². The number of benzene rings is 1. The van der Waals surface area contributed by atoms with E-state index in [0.717, 1.165) is 0 Å². The van der Waals surface area contributed by atoms with E-state index in [-0.39, 0.29) is 23.8 Å². The summed E-state index contributed by atoms with van der Waals surface area (Å²) in [6.07, 6.45) is 0.296. The standard InChI is InChI=1S/C17H26N4O3/c1-13(22)18-10-11-21(14-8-6-5-7-9-14)16(24)20-19-15(23)12-17(2,3)4/h5-9H,10-12H2,1-4H3,(H,18,22)(H,19,23)(H,20,24). The summed E-state index contributed by atoms with van der Waals surface area (Å²) in [5.74, 6) is -0.423. The molecule has 0 fully saturated rings. The van der Waals surface area contributed by atoms with Gasteiger partial charge in [-0.25, -0.2) is 10.2 Å². The normalized spacial score (nSPS) is 10.7. The Morgan fingerprint density at radius 1 is 1.04 bits per heavy atom. The predicted molar refractivity (Wildman–Crippen MR) is 93.2 cm³/mol. The number of carbonyl (C=O) groups excluding carboxylic acids is 3. The van der Waals surface area contributed by atoms with Gasteiger partial charge in [-0.1, -0.05) is 39.0 Å². The summed E-state index contributed by atoms with van der Waals surface area (Å²) in [5, 5.41) is 2.65. The zero-order chi connectivity index (χ0) is 18.2. The van der Waals surface area contributed by atoms with E-state index in [0.29, 0.717) is 18.7 Å². The van der Waals surface area contributed by atoms with Crippen molar-refractivity contribution in [3.63, 3.8) is 0 Å². The molecule has 0 saturated carbocycles. The van der Waals surface area contributed by atoms with E-state index < -0.39 is 6.03 Å². The summed E-state index contributed by atoms with van der Waals surface area (Å²) in [5.41, 5.74) is 5.34. The molecule has 0 unspecified atom stereocenters. The van der Waals surface area contributed by atoms with Crippen LogP contribution < -0.4 is 21.1 Å². The molecule has 0 radical (unpaired) electrons. The Hall–Kier alpha value is -2.57. The minimum atomic E-state index is -0.464. The van der Waals surface area contributed by atoms with Crippen LogP contribution in [0.4, 0.5) is 10.5 Å². The number of hydrazine groups is 1. The summed E-state index contributed by atoms with van der Waals surface area (Å²) in [6.45, 7) is 7.84. The Morgan fingerprint density at radius 2 is 1.67 bits per heavy atom. The van der Waals surface area contributed by atoms with Crippen molar-refractivity contribution >= 4 is 23.5 Å². The molecule has 7 heteroatoms. The van der Waals surface area contributed by atoms with Crippen LogP contribution in [-0.4, -0.2) is 30.9 Å². The monoisotopic (exact) mass is 334 g/mol. The van der Waals surface area contributed by atoms with Crippen LogP contribution in [0, 0.1) is 5.41 Å². The van der Waals surface area contributed by atoms with Crippen LogP contribution in [0.1, 0.15) is 34.1 Å². The Balaban J connectivity index is 2.66. The van der Waals surface area contributed by atoms with Crippen molar-refractivity contribution in [2.75, 3.05) is 18.0 Å². The second-order valence-electron chi connectivity index (χ2n) is 6.69. The molecule has 0 aliphatic rings. The van der Waals surface area contributed by atoms with Crippen LogP contribution in [0.5, 0.6) is 0 Å². The van der Waals surface area contributed by atoms with Gasteiger partial charge < -0.3 is 5.32 Å². The molecule has 132 valence electrons. The Bertz CT molecular complexity index is 567. The molecule has 0 atom stereocenters. The summed E-state index contributed by atoms with van der Waals surface area (Å²) < 4.78 is 0. The maximum absolute atomic E-state index is 12.4. The second kappa shape index (κ2) is 8.90. The van der Waals surface area contributed by atoms with Crippen LogP contribution in [0.25, 0.3) is 0 Å². The van der Waals surface area contributed by atoms with Crippen molar-refractivity contribution in [1.82, 2.24) is 16.2 Å². The average molecular weight is 334 g/mol. The van der Waals surface area contributed by atoms with Crippen LogP contribution in [0.15, 0.2) is 30.3 Å². The van der Waals surface area contributed by atoms with Gasteiger partial charge in [0, 0.05) is 32.1 Å². The fourth-order valence-corrected chi connectivity index (χ4v) is 2.02. The third-order valence-corrected chi connectivity index (χ3v) is 3.02. The molecule has 4 amide bonds. The number of urea groups is 1. The molecule has 0 bridgehead atoms. The van der Waals surface area contributed by atoms with Crippen molar-refractivity contribution < 1.29 is 14.4 Å². The maximum Gasteiger partial charge on any atom is 0.340 e. The Kier molecular flexibility index (Phi) is 7.23. The topological polar surface area (TPSA) is 90.5 Å². The van der Waals surface area contributed by atoms with E-state index in [2.05, 4.69) is 16.2 Å². The van der Waals surface area contributed by atoms with E-state index >= 15 is 0 Å². The van der Waals surface area contributed by atoms with E-state index in [4.69, 9.17) is 0 Å². The summed E-state index contributed by atoms with van der Waals surface area (Å²) in [7, 11) is 0. The minimum absolute atomic E-state index is 0.165. The third kappa shape index (κ3) is 7.62. The van der Waals surface area contributed by atoms with E-state index in [1.165, 1.54) is 11.8 Å². The van der Waals surface area contributed by atoms with Crippen LogP contribution in [0.3, 0.4) is 0 Å². The number of amides is 4. The van der Waals surface area contributed by atoms with Gasteiger partial charge in [-0.3, -0.25) is 19.9 Å². The van der Waals surface area contributed by atoms with Gasteiger partial charge in [0.1, 0.15) is 0 Å². The molecule has 1 aromatic rings. The number of carbonyl (C=O) groups is 3. The number of hydrogen-bond donors (Lipinski definition) is 3. The lowest BCUT2D eigenvalue weighted by molar-refractivity contribution is -0.123. The van der Waals surface area contributed by atoms with E-state index in [9.17, 15) is 14.4 Å². The number of anilines is 1. The zero-order valence-corrected chi connectivity index (χ0v) is 14.7. The van der Waals surface area contributed by atoms with Gasteiger partial charge in [0.15, 0.2) is 0 Å². The average Bonchev–Trinajstić information content (AvgIpc) is 2.48. The Morgan fingerprint density at radius 3 is 2.21 bits per heavy atom. The third-order valence-electron chi connectivity index (χ3n) is 3.02. The van der Waals surface area contributed by atoms with Gasteiger partial charge in [-0.2, -0.15) is 0 Å². The van der Waals surface area contributed by atoms with Crippen molar-refractivity contribution in [1.29, 1.82) is 0 Å². The molecule has 0 heterocycles. The van der Waals surface area contributed by atoms with Gasteiger partial charge in [-0.15, -0.1) is 0 Å². The molecule has 0 saturated heterocycles. The minimum Gasteiger partial charge on any atom is -0.355 e. The number of para-hydroxylation sites is 1. The lowest BCUT2D eigenvalue weighted by Crippen LogP contribution is -2.51. The lowest BCUT2D eigenvalue weighted by Gasteiger charge is -2.24. The molecule has 0 aliphatic carbocycles. The SMILES string of the molecule is CC(=O)NCCN(C(=O)NNC(=O)CC(C)(C)C)c1ccccc1. The summed E-state index contributed by atoms with van der Waals surface area (Å²) in [4.78, 5) is 36.6. The quantitative estimate of drug-likeness (QED) is 0.717. The van der Waals surface area contributed by atoms with Gasteiger partial charge in [0.2, 0.25) is 11.8 Å². The van der Waals surface area contributed by atoms with Crippen LogP contribution in [-0.2, 0) is 9.59 Å². The van der Waals surface area contributed by atoms with Gasteiger partial charge >= 0.3 is 6.03 Å². The number of hydrogen-bond acceptors (Lipinski definition) is 3. The predicted octanol–water partition coefficient (Wildman–Crippen LogP) is 1.81. The second-order valence-corrected chi connectivity index (χ2v) is 6.69. The summed E-state index contributed by atoms with van der Waals surface area (Å²) in [6, 6.07) is 8.57. The molecular weight excluding hydrogens is 308 g/mol. The fraction of sp³-hybridized carbons (Fsp3) is 0.471. The molecule has 1 rings (SSSR count). The first-order chi connectivity index (χ1) is 11.2. The van der Waals surface area contributed by atoms with Crippen LogP contribution in [0.2, 0.25) is 0 Å². The highest BCUT2D eigenvalue weighted by atomic mass is 16.2. The van der Waals surface area contributed by atoms with Crippen LogP contribution >= 0.6 is 0 Å². The van der Waals surface area contributed by atoms with E-state index in [1.807, 2.05) is 39.0 Å². The highest BCUT2D eigenvalue weighted by Gasteiger charge is 2.19. The maximum atomic E-state index is 12.4. The lowest BCUT2D eigenvalue weighted by atomic mass is 9.92. The molecule has 0 spiro atoms. The van der Waals surface area contributed by atoms with E-state index in [1.54, 1.807) is 12.1 Å². The van der Waals surface area contributed by atoms with Gasteiger partial charge in [0.25, 0.3) is 0 Å². The molecule has 0 aromatic heterocycles. The molecule has 3 N–H and O–H groups in total. The van der Waals surface area contributed by atoms with Crippen molar-refractivity contribution in [3.8, 4) is 0 Å². The van der Waals surface area contributed by atoms with Crippen molar-refractivity contribution in [3.05, 3.63) is 30.3 Å². The molecule has 0 aliphatic heterocycles. The highest BCUT2D eigenvalue weighted by molar-refractivity contribution is 5.93. The molecule has 1 aromatic carbocycles. The smallest absolute Gasteiger partial charge is 0.340 e. The first-order valence-electron chi connectivity index (χ1n) is 7.85. The molecule has 7 nitrogen and oxygen atoms in total. The first kappa shape index (κ1) is 19.5. The zero-order valence-electron chi connectivity index (χ0n) is 14.7. The Labute approximate surface area is 142 Å². The largest absolute Gasteiger partial charge is 0.355 e. The highest BCUT2D eigenvalue weighted by Crippen LogP contribution is 2.17.